The fraction of sp³-hybridized carbons (Fsp3) is 0.500. The van der Waals surface area contributed by atoms with E-state index in [1.54, 1.807) is 0 Å². The van der Waals surface area contributed by atoms with Crippen LogP contribution in [-0.2, 0) is 11.2 Å². The molecule has 0 bridgehead atoms. The van der Waals surface area contributed by atoms with Crippen molar-refractivity contribution >= 4 is 5.91 Å². The first-order chi connectivity index (χ1) is 8.09. The molecule has 0 fully saturated rings. The summed E-state index contributed by atoms with van der Waals surface area (Å²) in [6.07, 6.45) is 1.58. The van der Waals surface area contributed by atoms with Crippen molar-refractivity contribution in [2.24, 2.45) is 11.7 Å². The van der Waals surface area contributed by atoms with Gasteiger partial charge in [0.15, 0.2) is 0 Å². The largest absolute Gasteiger partial charge is 0.355 e. The number of hydrogen-bond acceptors (Lipinski definition) is 2. The molecule has 1 aromatic carbocycles. The highest BCUT2D eigenvalue weighted by Gasteiger charge is 2.13. The Morgan fingerprint density at radius 1 is 1.29 bits per heavy atom. The predicted octanol–water partition coefficient (Wildman–Crippen LogP) is 1.72. The second-order valence-electron chi connectivity index (χ2n) is 4.77. The Labute approximate surface area is 103 Å². The topological polar surface area (TPSA) is 55.1 Å². The van der Waals surface area contributed by atoms with Gasteiger partial charge in [0, 0.05) is 6.54 Å². The average molecular weight is 234 g/mol. The van der Waals surface area contributed by atoms with Crippen molar-refractivity contribution in [3.63, 3.8) is 0 Å². The molecular formula is C14H22N2O. The fourth-order valence-electron chi connectivity index (χ4n) is 1.58. The number of amides is 1. The number of rotatable bonds is 6. The van der Waals surface area contributed by atoms with Crippen molar-refractivity contribution in [1.82, 2.24) is 5.32 Å². The zero-order chi connectivity index (χ0) is 12.7. The molecule has 0 saturated heterocycles. The molecule has 0 aliphatic carbocycles. The van der Waals surface area contributed by atoms with Crippen molar-refractivity contribution in [3.05, 3.63) is 35.9 Å². The Kier molecular flexibility index (Phi) is 5.70. The minimum absolute atomic E-state index is 0.0606. The van der Waals surface area contributed by atoms with Gasteiger partial charge in [0.2, 0.25) is 5.91 Å². The molecular weight excluding hydrogens is 212 g/mol. The molecule has 0 unspecified atom stereocenters. The van der Waals surface area contributed by atoms with Crippen LogP contribution in [0.25, 0.3) is 0 Å². The van der Waals surface area contributed by atoms with E-state index in [0.29, 0.717) is 18.9 Å². The molecule has 1 rings (SSSR count). The average Bonchev–Trinajstić information content (AvgIpc) is 2.29. The number of nitrogens with two attached hydrogens (primary N) is 1. The molecule has 0 spiro atoms. The van der Waals surface area contributed by atoms with Crippen LogP contribution in [0.1, 0.15) is 25.8 Å². The van der Waals surface area contributed by atoms with Gasteiger partial charge in [-0.05, 0) is 24.3 Å². The highest BCUT2D eigenvalue weighted by molar-refractivity contribution is 5.81. The van der Waals surface area contributed by atoms with Crippen molar-refractivity contribution in [2.75, 3.05) is 6.54 Å². The van der Waals surface area contributed by atoms with Crippen LogP contribution in [0.15, 0.2) is 30.3 Å². The molecule has 1 atom stereocenters. The van der Waals surface area contributed by atoms with E-state index in [4.69, 9.17) is 5.73 Å². The summed E-state index contributed by atoms with van der Waals surface area (Å²) in [5.41, 5.74) is 6.95. The highest BCUT2D eigenvalue weighted by Crippen LogP contribution is 2.02. The molecule has 17 heavy (non-hydrogen) atoms. The van der Waals surface area contributed by atoms with Gasteiger partial charge >= 0.3 is 0 Å². The second kappa shape index (κ2) is 7.07. The van der Waals surface area contributed by atoms with Crippen LogP contribution < -0.4 is 11.1 Å². The Morgan fingerprint density at radius 3 is 2.53 bits per heavy atom. The monoisotopic (exact) mass is 234 g/mol. The van der Waals surface area contributed by atoms with Gasteiger partial charge in [0.1, 0.15) is 0 Å². The Balaban J connectivity index is 2.32. The molecule has 3 heteroatoms. The molecule has 0 heterocycles. The quantitative estimate of drug-likeness (QED) is 0.787. The van der Waals surface area contributed by atoms with Gasteiger partial charge in [-0.25, -0.2) is 0 Å². The van der Waals surface area contributed by atoms with Gasteiger partial charge in [-0.3, -0.25) is 4.79 Å². The summed E-state index contributed by atoms with van der Waals surface area (Å²) in [5.74, 6) is 0.537. The first-order valence-electron chi connectivity index (χ1n) is 6.17. The molecule has 94 valence electrons. The molecule has 0 radical (unpaired) electrons. The van der Waals surface area contributed by atoms with Crippen LogP contribution in [0.3, 0.4) is 0 Å². The standard InChI is InChI=1S/C14H22N2O/c1-11(2)8-9-16-14(17)13(15)10-12-6-4-3-5-7-12/h3-7,11,13H,8-10,15H2,1-2H3,(H,16,17)/t13-/m1/s1. The van der Waals surface area contributed by atoms with E-state index in [9.17, 15) is 4.79 Å². The van der Waals surface area contributed by atoms with E-state index in [-0.39, 0.29) is 5.91 Å². The van der Waals surface area contributed by atoms with Crippen molar-refractivity contribution < 1.29 is 4.79 Å². The molecule has 0 saturated carbocycles. The summed E-state index contributed by atoms with van der Waals surface area (Å²) in [5, 5.41) is 2.87. The maximum absolute atomic E-state index is 11.7. The number of carbonyl (C=O) groups is 1. The minimum atomic E-state index is -0.454. The molecule has 3 N–H and O–H groups in total. The lowest BCUT2D eigenvalue weighted by Gasteiger charge is -2.13. The minimum Gasteiger partial charge on any atom is -0.355 e. The Bertz CT molecular complexity index is 335. The first kappa shape index (κ1) is 13.7. The van der Waals surface area contributed by atoms with Crippen LogP contribution in [0.4, 0.5) is 0 Å². The smallest absolute Gasteiger partial charge is 0.237 e. The third kappa shape index (κ3) is 5.50. The molecule has 3 nitrogen and oxygen atoms in total. The summed E-state index contributed by atoms with van der Waals surface area (Å²) in [6.45, 7) is 4.98. The van der Waals surface area contributed by atoms with E-state index >= 15 is 0 Å². The fourth-order valence-corrected chi connectivity index (χ4v) is 1.58. The van der Waals surface area contributed by atoms with Crippen molar-refractivity contribution in [3.8, 4) is 0 Å². The van der Waals surface area contributed by atoms with Gasteiger partial charge < -0.3 is 11.1 Å². The molecule has 0 aromatic heterocycles. The number of hydrogen-bond donors (Lipinski definition) is 2. The molecule has 1 aromatic rings. The zero-order valence-corrected chi connectivity index (χ0v) is 10.6. The van der Waals surface area contributed by atoms with Crippen LogP contribution in [0.2, 0.25) is 0 Å². The Morgan fingerprint density at radius 2 is 1.94 bits per heavy atom. The SMILES string of the molecule is CC(C)CCNC(=O)[C@H](N)Cc1ccccc1. The van der Waals surface area contributed by atoms with E-state index in [1.165, 1.54) is 0 Å². The number of benzene rings is 1. The maximum Gasteiger partial charge on any atom is 0.237 e. The summed E-state index contributed by atoms with van der Waals surface area (Å²) in [7, 11) is 0. The van der Waals surface area contributed by atoms with Gasteiger partial charge in [-0.15, -0.1) is 0 Å². The van der Waals surface area contributed by atoms with E-state index in [1.807, 2.05) is 30.3 Å². The lowest BCUT2D eigenvalue weighted by Crippen LogP contribution is -2.42. The van der Waals surface area contributed by atoms with Gasteiger partial charge in [0.05, 0.1) is 6.04 Å². The summed E-state index contributed by atoms with van der Waals surface area (Å²) in [6, 6.07) is 9.39. The second-order valence-corrected chi connectivity index (χ2v) is 4.77. The van der Waals surface area contributed by atoms with E-state index in [2.05, 4.69) is 19.2 Å². The first-order valence-corrected chi connectivity index (χ1v) is 6.17. The van der Waals surface area contributed by atoms with Crippen molar-refractivity contribution in [2.45, 2.75) is 32.7 Å². The molecule has 0 aliphatic heterocycles. The highest BCUT2D eigenvalue weighted by atomic mass is 16.2. The number of nitrogens with one attached hydrogen (secondary N) is 1. The maximum atomic E-state index is 11.7. The molecule has 0 aliphatic rings. The summed E-state index contributed by atoms with van der Waals surface area (Å²) in [4.78, 5) is 11.7. The van der Waals surface area contributed by atoms with E-state index in [0.717, 1.165) is 12.0 Å². The van der Waals surface area contributed by atoms with E-state index < -0.39 is 6.04 Å². The molecule has 1 amide bonds. The zero-order valence-electron chi connectivity index (χ0n) is 10.6. The summed E-state index contributed by atoms with van der Waals surface area (Å²) < 4.78 is 0. The van der Waals surface area contributed by atoms with Crippen LogP contribution >= 0.6 is 0 Å². The lowest BCUT2D eigenvalue weighted by molar-refractivity contribution is -0.122. The van der Waals surface area contributed by atoms with Crippen LogP contribution in [0.5, 0.6) is 0 Å². The lowest BCUT2D eigenvalue weighted by atomic mass is 10.1. The van der Waals surface area contributed by atoms with Gasteiger partial charge in [-0.1, -0.05) is 44.2 Å². The van der Waals surface area contributed by atoms with Crippen LogP contribution in [0, 0.1) is 5.92 Å². The van der Waals surface area contributed by atoms with Gasteiger partial charge in [-0.2, -0.15) is 0 Å². The summed E-state index contributed by atoms with van der Waals surface area (Å²) >= 11 is 0. The number of carbonyl (C=O) groups excluding carboxylic acids is 1. The van der Waals surface area contributed by atoms with Gasteiger partial charge in [0.25, 0.3) is 0 Å². The predicted molar refractivity (Wildman–Crippen MR) is 70.6 cm³/mol. The van der Waals surface area contributed by atoms with Crippen LogP contribution in [-0.4, -0.2) is 18.5 Å². The third-order valence-electron chi connectivity index (χ3n) is 2.66. The van der Waals surface area contributed by atoms with Crippen molar-refractivity contribution in [1.29, 1.82) is 0 Å². The Hall–Kier alpha value is -1.35. The normalized spacial score (nSPS) is 12.5. The third-order valence-corrected chi connectivity index (χ3v) is 2.66.